The molecule has 0 amide bonds. The van der Waals surface area contributed by atoms with Gasteiger partial charge in [0.25, 0.3) is 0 Å². The molecule has 0 fully saturated rings. The summed E-state index contributed by atoms with van der Waals surface area (Å²) in [7, 11) is -4.11. The molecule has 0 saturated heterocycles. The largest absolute Gasteiger partial charge is 0.409 e. The van der Waals surface area contributed by atoms with Crippen LogP contribution in [0, 0.1) is 5.82 Å². The highest BCUT2D eigenvalue weighted by Crippen LogP contribution is 2.31. The molecule has 0 bridgehead atoms. The Bertz CT molecular complexity index is 652. The van der Waals surface area contributed by atoms with Gasteiger partial charge in [-0.05, 0) is 18.6 Å². The maximum atomic E-state index is 13.7. The third-order valence-corrected chi connectivity index (χ3v) is 5.22. The Hall–Kier alpha value is -1.09. The second-order valence-electron chi connectivity index (χ2n) is 4.10. The molecular weight excluding hydrogens is 344 g/mol. The molecule has 118 valence electrons. The minimum Gasteiger partial charge on any atom is -0.409 e. The molecule has 0 saturated carbocycles. The van der Waals surface area contributed by atoms with E-state index in [9.17, 15) is 12.8 Å². The van der Waals surface area contributed by atoms with Crippen LogP contribution in [0.1, 0.15) is 13.3 Å². The molecule has 0 radical (unpaired) electrons. The van der Waals surface area contributed by atoms with Crippen molar-refractivity contribution in [2.24, 2.45) is 10.9 Å². The molecule has 1 aromatic carbocycles. The van der Waals surface area contributed by atoms with Crippen LogP contribution in [0.5, 0.6) is 0 Å². The Kier molecular flexibility index (Phi) is 6.21. The minimum atomic E-state index is -4.11. The quantitative estimate of drug-likeness (QED) is 0.268. The maximum Gasteiger partial charge on any atom is 0.245 e. The summed E-state index contributed by atoms with van der Waals surface area (Å²) < 4.78 is 39.6. The summed E-state index contributed by atoms with van der Waals surface area (Å²) in [5.41, 5.74) is 5.34. The van der Waals surface area contributed by atoms with E-state index in [1.165, 1.54) is 0 Å². The minimum absolute atomic E-state index is 0.0964. The third-order valence-electron chi connectivity index (χ3n) is 2.56. The van der Waals surface area contributed by atoms with E-state index in [0.717, 1.165) is 16.4 Å². The highest BCUT2D eigenvalue weighted by atomic mass is 35.5. The molecule has 6 nitrogen and oxygen atoms in total. The third kappa shape index (κ3) is 3.97. The lowest BCUT2D eigenvalue weighted by Gasteiger charge is -2.21. The monoisotopic (exact) mass is 357 g/mol. The predicted octanol–water partition coefficient (Wildman–Crippen LogP) is 2.28. The average Bonchev–Trinajstić information content (AvgIpc) is 2.43. The van der Waals surface area contributed by atoms with E-state index in [-0.39, 0.29) is 23.9 Å². The number of sulfonamides is 1. The van der Waals surface area contributed by atoms with Crippen LogP contribution in [0.4, 0.5) is 4.39 Å². The van der Waals surface area contributed by atoms with Crippen molar-refractivity contribution >= 4 is 39.1 Å². The van der Waals surface area contributed by atoms with Crippen molar-refractivity contribution in [2.45, 2.75) is 18.2 Å². The summed E-state index contributed by atoms with van der Waals surface area (Å²) in [5.74, 6) is -1.31. The lowest BCUT2D eigenvalue weighted by atomic mass is 10.3. The van der Waals surface area contributed by atoms with Crippen molar-refractivity contribution in [3.05, 3.63) is 28.0 Å². The zero-order valence-electron chi connectivity index (χ0n) is 11.1. The van der Waals surface area contributed by atoms with Gasteiger partial charge < -0.3 is 10.9 Å². The molecule has 21 heavy (non-hydrogen) atoms. The Morgan fingerprint density at radius 2 is 2.10 bits per heavy atom. The fraction of sp³-hybridized carbons (Fsp3) is 0.364. The van der Waals surface area contributed by atoms with Crippen LogP contribution in [0.2, 0.25) is 10.0 Å². The van der Waals surface area contributed by atoms with Gasteiger partial charge in [0.2, 0.25) is 10.0 Å². The SMILES string of the molecule is CCCN(C/C(N)=N/O)S(=O)(=O)c1ccc(Cl)c(F)c1Cl. The normalized spacial score (nSPS) is 12.9. The summed E-state index contributed by atoms with van der Waals surface area (Å²) in [4.78, 5) is -0.426. The van der Waals surface area contributed by atoms with Crippen LogP contribution >= 0.6 is 23.2 Å². The number of amidine groups is 1. The second kappa shape index (κ2) is 7.26. The van der Waals surface area contributed by atoms with Gasteiger partial charge in [0.15, 0.2) is 11.7 Å². The zero-order chi connectivity index (χ0) is 16.2. The van der Waals surface area contributed by atoms with Crippen molar-refractivity contribution in [3.63, 3.8) is 0 Å². The number of nitrogens with two attached hydrogens (primary N) is 1. The fourth-order valence-electron chi connectivity index (χ4n) is 1.59. The molecule has 1 aromatic rings. The molecule has 0 aliphatic heterocycles. The van der Waals surface area contributed by atoms with E-state index in [2.05, 4.69) is 5.16 Å². The van der Waals surface area contributed by atoms with Gasteiger partial charge in [-0.2, -0.15) is 4.31 Å². The first-order chi connectivity index (χ1) is 9.75. The molecule has 0 unspecified atom stereocenters. The molecule has 10 heteroatoms. The van der Waals surface area contributed by atoms with Gasteiger partial charge in [0, 0.05) is 6.54 Å². The van der Waals surface area contributed by atoms with Gasteiger partial charge in [-0.15, -0.1) is 0 Å². The van der Waals surface area contributed by atoms with E-state index >= 15 is 0 Å². The smallest absolute Gasteiger partial charge is 0.245 e. The first-order valence-corrected chi connectivity index (χ1v) is 8.05. The molecule has 0 aromatic heterocycles. The van der Waals surface area contributed by atoms with Crippen molar-refractivity contribution in [2.75, 3.05) is 13.1 Å². The summed E-state index contributed by atoms with van der Waals surface area (Å²) in [6.07, 6.45) is 0.478. The molecule has 3 N–H and O–H groups in total. The van der Waals surface area contributed by atoms with E-state index in [1.54, 1.807) is 6.92 Å². The van der Waals surface area contributed by atoms with Gasteiger partial charge in [0.1, 0.15) is 4.90 Å². The topological polar surface area (TPSA) is 96.0 Å². The van der Waals surface area contributed by atoms with E-state index in [1.807, 2.05) is 0 Å². The molecule has 0 aliphatic rings. The number of hydrogen-bond acceptors (Lipinski definition) is 4. The summed E-state index contributed by atoms with van der Waals surface area (Å²) in [5, 5.41) is 10.4. The number of hydrogen-bond donors (Lipinski definition) is 2. The van der Waals surface area contributed by atoms with Gasteiger partial charge in [-0.3, -0.25) is 0 Å². The fourth-order valence-corrected chi connectivity index (χ4v) is 3.81. The lowest BCUT2D eigenvalue weighted by molar-refractivity contribution is 0.314. The molecular formula is C11H14Cl2FN3O3S. The standard InChI is InChI=1S/C11H14Cl2FN3O3S/c1-2-5-17(6-9(15)16-18)21(19,20)8-4-3-7(12)11(14)10(8)13/h3-4,18H,2,5-6H2,1H3,(H2,15,16). The van der Waals surface area contributed by atoms with Crippen LogP contribution in [0.25, 0.3) is 0 Å². The van der Waals surface area contributed by atoms with Gasteiger partial charge in [0.05, 0.1) is 16.6 Å². The number of halogens is 3. The van der Waals surface area contributed by atoms with Crippen LogP contribution in [-0.2, 0) is 10.0 Å². The van der Waals surface area contributed by atoms with E-state index in [0.29, 0.717) is 6.42 Å². The van der Waals surface area contributed by atoms with Gasteiger partial charge >= 0.3 is 0 Å². The first-order valence-electron chi connectivity index (χ1n) is 5.85. The summed E-state index contributed by atoms with van der Waals surface area (Å²) in [6.45, 7) is 1.51. The first kappa shape index (κ1) is 18.0. The van der Waals surface area contributed by atoms with Crippen LogP contribution < -0.4 is 5.73 Å². The Balaban J connectivity index is 3.32. The Morgan fingerprint density at radius 1 is 1.48 bits per heavy atom. The van der Waals surface area contributed by atoms with E-state index in [4.69, 9.17) is 34.1 Å². The number of rotatable bonds is 6. The number of oxime groups is 1. The highest BCUT2D eigenvalue weighted by molar-refractivity contribution is 7.89. The van der Waals surface area contributed by atoms with Crippen LogP contribution in [0.15, 0.2) is 22.2 Å². The van der Waals surface area contributed by atoms with Crippen molar-refractivity contribution < 1.29 is 18.0 Å². The molecule has 0 spiro atoms. The van der Waals surface area contributed by atoms with Gasteiger partial charge in [-0.25, -0.2) is 12.8 Å². The number of nitrogens with zero attached hydrogens (tertiary/aromatic N) is 2. The Labute approximate surface area is 132 Å². The van der Waals surface area contributed by atoms with Crippen molar-refractivity contribution in [1.29, 1.82) is 0 Å². The van der Waals surface area contributed by atoms with E-state index < -0.39 is 25.8 Å². The average molecular weight is 358 g/mol. The molecule has 0 heterocycles. The number of benzene rings is 1. The molecule has 1 rings (SSSR count). The van der Waals surface area contributed by atoms with Gasteiger partial charge in [-0.1, -0.05) is 35.3 Å². The second-order valence-corrected chi connectivity index (χ2v) is 6.79. The Morgan fingerprint density at radius 3 is 2.62 bits per heavy atom. The summed E-state index contributed by atoms with van der Waals surface area (Å²) >= 11 is 11.3. The van der Waals surface area contributed by atoms with Crippen LogP contribution in [0.3, 0.4) is 0 Å². The van der Waals surface area contributed by atoms with Crippen molar-refractivity contribution in [1.82, 2.24) is 4.31 Å². The predicted molar refractivity (Wildman–Crippen MR) is 78.9 cm³/mol. The summed E-state index contributed by atoms with van der Waals surface area (Å²) in [6, 6.07) is 2.21. The highest BCUT2D eigenvalue weighted by Gasteiger charge is 2.29. The van der Waals surface area contributed by atoms with Crippen molar-refractivity contribution in [3.8, 4) is 0 Å². The lowest BCUT2D eigenvalue weighted by Crippen LogP contribution is -2.39. The zero-order valence-corrected chi connectivity index (χ0v) is 13.4. The maximum absolute atomic E-state index is 13.7. The van der Waals surface area contributed by atoms with Crippen LogP contribution in [-0.4, -0.2) is 36.9 Å². The molecule has 0 atom stereocenters. The molecule has 0 aliphatic carbocycles.